The highest BCUT2D eigenvalue weighted by Gasteiger charge is 2.13. The predicted molar refractivity (Wildman–Crippen MR) is 86.4 cm³/mol. The van der Waals surface area contributed by atoms with Crippen molar-refractivity contribution in [2.75, 3.05) is 0 Å². The number of hydrogen-bond donors (Lipinski definition) is 0. The summed E-state index contributed by atoms with van der Waals surface area (Å²) >= 11 is 1.44. The highest BCUT2D eigenvalue weighted by atomic mass is 32.1. The van der Waals surface area contributed by atoms with Crippen molar-refractivity contribution in [3.8, 4) is 5.75 Å². The summed E-state index contributed by atoms with van der Waals surface area (Å²) in [6.45, 7) is 8.33. The number of thiazole rings is 1. The highest BCUT2D eigenvalue weighted by molar-refractivity contribution is 7.13. The van der Waals surface area contributed by atoms with Crippen LogP contribution in [0, 0.1) is 0 Å². The summed E-state index contributed by atoms with van der Waals surface area (Å²) in [4.78, 5) is 16.8. The molecule has 0 aliphatic heterocycles. The maximum atomic E-state index is 11.6. The van der Waals surface area contributed by atoms with Crippen LogP contribution in [0.15, 0.2) is 24.3 Å². The Labute approximate surface area is 130 Å². The first kappa shape index (κ1) is 15.7. The van der Waals surface area contributed by atoms with Crippen LogP contribution < -0.4 is 4.74 Å². The maximum Gasteiger partial charge on any atom is 0.171 e. The molecular formula is C17H21NO2S. The number of aryl methyl sites for hydroxylation is 1. The smallest absolute Gasteiger partial charge is 0.171 e. The molecule has 0 aliphatic carbocycles. The number of aromatic nitrogens is 1. The number of benzene rings is 1. The highest BCUT2D eigenvalue weighted by Crippen LogP contribution is 2.24. The molecule has 0 spiro atoms. The first-order valence-electron chi connectivity index (χ1n) is 7.23. The van der Waals surface area contributed by atoms with Crippen molar-refractivity contribution in [2.24, 2.45) is 0 Å². The van der Waals surface area contributed by atoms with Crippen LogP contribution in [-0.4, -0.2) is 10.8 Å². The van der Waals surface area contributed by atoms with Crippen LogP contribution in [0.25, 0.3) is 0 Å². The Balaban J connectivity index is 2.09. The van der Waals surface area contributed by atoms with E-state index in [0.717, 1.165) is 27.7 Å². The molecule has 0 amide bonds. The summed E-state index contributed by atoms with van der Waals surface area (Å²) in [6.07, 6.45) is 0.772. The lowest BCUT2D eigenvalue weighted by atomic mass is 10.0. The van der Waals surface area contributed by atoms with Crippen molar-refractivity contribution in [3.63, 3.8) is 0 Å². The van der Waals surface area contributed by atoms with Crippen LogP contribution in [0.4, 0.5) is 0 Å². The van der Waals surface area contributed by atoms with Crippen molar-refractivity contribution >= 4 is 17.1 Å². The topological polar surface area (TPSA) is 39.2 Å². The Morgan fingerprint density at radius 3 is 2.71 bits per heavy atom. The van der Waals surface area contributed by atoms with E-state index in [4.69, 9.17) is 4.74 Å². The second-order valence-electron chi connectivity index (χ2n) is 5.31. The van der Waals surface area contributed by atoms with E-state index in [1.807, 2.05) is 19.1 Å². The fraction of sp³-hybridized carbons (Fsp3) is 0.412. The SMILES string of the molecule is CCc1nc(COc2cccc(C(C)C)c2)sc1C(C)=O. The molecule has 1 heterocycles. The van der Waals surface area contributed by atoms with Gasteiger partial charge in [0.2, 0.25) is 0 Å². The average molecular weight is 303 g/mol. The largest absolute Gasteiger partial charge is 0.486 e. The number of carbonyl (C=O) groups is 1. The van der Waals surface area contributed by atoms with Crippen LogP contribution in [0.1, 0.15) is 59.5 Å². The van der Waals surface area contributed by atoms with Crippen LogP contribution >= 0.6 is 11.3 Å². The number of hydrogen-bond acceptors (Lipinski definition) is 4. The molecule has 0 unspecified atom stereocenters. The van der Waals surface area contributed by atoms with Crippen molar-refractivity contribution in [2.45, 2.75) is 46.6 Å². The zero-order valence-electron chi connectivity index (χ0n) is 13.0. The molecule has 2 rings (SSSR count). The molecule has 1 aromatic carbocycles. The first-order valence-corrected chi connectivity index (χ1v) is 8.05. The van der Waals surface area contributed by atoms with Gasteiger partial charge in [-0.15, -0.1) is 11.3 Å². The van der Waals surface area contributed by atoms with E-state index < -0.39 is 0 Å². The molecule has 0 atom stereocenters. The van der Waals surface area contributed by atoms with Gasteiger partial charge in [0.1, 0.15) is 17.4 Å². The maximum absolute atomic E-state index is 11.6. The van der Waals surface area contributed by atoms with Gasteiger partial charge in [-0.2, -0.15) is 0 Å². The fourth-order valence-corrected chi connectivity index (χ4v) is 3.05. The quantitative estimate of drug-likeness (QED) is 0.731. The average Bonchev–Trinajstić information content (AvgIpc) is 2.89. The molecule has 0 saturated heterocycles. The Bertz CT molecular complexity index is 631. The van der Waals surface area contributed by atoms with Gasteiger partial charge in [0.15, 0.2) is 5.78 Å². The molecule has 0 N–H and O–H groups in total. The molecule has 3 nitrogen and oxygen atoms in total. The molecule has 21 heavy (non-hydrogen) atoms. The Kier molecular flexibility index (Phi) is 5.12. The normalized spacial score (nSPS) is 10.9. The third-order valence-electron chi connectivity index (χ3n) is 3.28. The van der Waals surface area contributed by atoms with Gasteiger partial charge in [0.05, 0.1) is 10.6 Å². The molecular weight excluding hydrogens is 282 g/mol. The van der Waals surface area contributed by atoms with Gasteiger partial charge in [0, 0.05) is 6.92 Å². The Morgan fingerprint density at radius 2 is 2.14 bits per heavy atom. The lowest BCUT2D eigenvalue weighted by Crippen LogP contribution is -1.97. The van der Waals surface area contributed by atoms with E-state index >= 15 is 0 Å². The first-order chi connectivity index (χ1) is 10.0. The number of ether oxygens (including phenoxy) is 1. The monoisotopic (exact) mass is 303 g/mol. The molecule has 0 saturated carbocycles. The minimum absolute atomic E-state index is 0.0809. The number of carbonyl (C=O) groups excluding carboxylic acids is 1. The van der Waals surface area contributed by atoms with Crippen LogP contribution in [0.3, 0.4) is 0 Å². The van der Waals surface area contributed by atoms with Crippen LogP contribution in [0.5, 0.6) is 5.75 Å². The summed E-state index contributed by atoms with van der Waals surface area (Å²) in [6, 6.07) is 8.12. The van der Waals surface area contributed by atoms with E-state index in [2.05, 4.69) is 31.0 Å². The number of nitrogens with zero attached hydrogens (tertiary/aromatic N) is 1. The molecule has 0 radical (unpaired) electrons. The summed E-state index contributed by atoms with van der Waals surface area (Å²) < 4.78 is 5.81. The fourth-order valence-electron chi connectivity index (χ4n) is 2.09. The van der Waals surface area contributed by atoms with E-state index in [1.165, 1.54) is 16.9 Å². The van der Waals surface area contributed by atoms with Gasteiger partial charge in [0.25, 0.3) is 0 Å². The molecule has 0 bridgehead atoms. The van der Waals surface area contributed by atoms with Gasteiger partial charge in [-0.25, -0.2) is 4.98 Å². The standard InChI is InChI=1S/C17H21NO2S/c1-5-15-17(12(4)19)21-16(18-15)10-20-14-8-6-7-13(9-14)11(2)3/h6-9,11H,5,10H2,1-4H3. The van der Waals surface area contributed by atoms with Crippen molar-refractivity contribution < 1.29 is 9.53 Å². The summed E-state index contributed by atoms with van der Waals surface area (Å²) in [5.74, 6) is 1.40. The minimum Gasteiger partial charge on any atom is -0.486 e. The summed E-state index contributed by atoms with van der Waals surface area (Å²) in [5, 5.41) is 0.854. The van der Waals surface area contributed by atoms with E-state index in [0.29, 0.717) is 12.5 Å². The molecule has 0 fully saturated rings. The number of ketones is 1. The van der Waals surface area contributed by atoms with E-state index in [-0.39, 0.29) is 5.78 Å². The van der Waals surface area contributed by atoms with Crippen molar-refractivity contribution in [1.29, 1.82) is 0 Å². The van der Waals surface area contributed by atoms with Crippen LogP contribution in [0.2, 0.25) is 0 Å². The predicted octanol–water partition coefficient (Wildman–Crippen LogP) is 4.61. The van der Waals surface area contributed by atoms with Crippen LogP contribution in [-0.2, 0) is 13.0 Å². The van der Waals surface area contributed by atoms with Gasteiger partial charge in [-0.3, -0.25) is 4.79 Å². The van der Waals surface area contributed by atoms with Gasteiger partial charge < -0.3 is 4.74 Å². The van der Waals surface area contributed by atoms with Crippen molar-refractivity contribution in [1.82, 2.24) is 4.98 Å². The van der Waals surface area contributed by atoms with Gasteiger partial charge in [-0.05, 0) is 30.0 Å². The van der Waals surface area contributed by atoms with E-state index in [9.17, 15) is 4.79 Å². The Hall–Kier alpha value is -1.68. The molecule has 1 aromatic heterocycles. The number of Topliss-reactive ketones (excluding diaryl/α,β-unsaturated/α-hetero) is 1. The van der Waals surface area contributed by atoms with Crippen molar-refractivity contribution in [3.05, 3.63) is 45.4 Å². The zero-order chi connectivity index (χ0) is 15.4. The Morgan fingerprint density at radius 1 is 1.38 bits per heavy atom. The number of rotatable bonds is 6. The van der Waals surface area contributed by atoms with E-state index in [1.54, 1.807) is 6.92 Å². The molecule has 112 valence electrons. The third-order valence-corrected chi connectivity index (χ3v) is 4.46. The van der Waals surface area contributed by atoms with Gasteiger partial charge in [-0.1, -0.05) is 32.9 Å². The third kappa shape index (κ3) is 3.91. The second kappa shape index (κ2) is 6.85. The summed E-state index contributed by atoms with van der Waals surface area (Å²) in [7, 11) is 0. The lowest BCUT2D eigenvalue weighted by molar-refractivity contribution is 0.102. The zero-order valence-corrected chi connectivity index (χ0v) is 13.8. The summed E-state index contributed by atoms with van der Waals surface area (Å²) in [5.41, 5.74) is 2.13. The minimum atomic E-state index is 0.0809. The second-order valence-corrected chi connectivity index (χ2v) is 6.39. The molecule has 2 aromatic rings. The molecule has 0 aliphatic rings. The lowest BCUT2D eigenvalue weighted by Gasteiger charge is -2.08. The molecule has 4 heteroatoms. The van der Waals surface area contributed by atoms with Gasteiger partial charge >= 0.3 is 0 Å².